The molecule has 4 heteroatoms. The van der Waals surface area contributed by atoms with Crippen LogP contribution >= 0.6 is 0 Å². The van der Waals surface area contributed by atoms with E-state index in [0.29, 0.717) is 30.4 Å². The van der Waals surface area contributed by atoms with Crippen molar-refractivity contribution in [3.05, 3.63) is 23.8 Å². The van der Waals surface area contributed by atoms with Gasteiger partial charge >= 0.3 is 0 Å². The van der Waals surface area contributed by atoms with Gasteiger partial charge < -0.3 is 14.4 Å². The Balaban J connectivity index is 1.79. The summed E-state index contributed by atoms with van der Waals surface area (Å²) in [6.07, 6.45) is 2.31. The molecule has 0 aromatic heterocycles. The Labute approximate surface area is 113 Å². The SMILES string of the molecule is C[C@H]1CCCN(C(=O)c2ccc3c(c2)OCCO3)C1. The lowest BCUT2D eigenvalue weighted by Gasteiger charge is -2.31. The van der Waals surface area contributed by atoms with Gasteiger partial charge in [0.1, 0.15) is 13.2 Å². The van der Waals surface area contributed by atoms with Crippen molar-refractivity contribution in [1.82, 2.24) is 4.90 Å². The molecule has 1 saturated heterocycles. The van der Waals surface area contributed by atoms with Gasteiger partial charge in [0.25, 0.3) is 5.91 Å². The van der Waals surface area contributed by atoms with Crippen LogP contribution in [0.3, 0.4) is 0 Å². The predicted molar refractivity (Wildman–Crippen MR) is 71.7 cm³/mol. The molecule has 1 atom stereocenters. The Bertz CT molecular complexity index is 486. The first-order valence-corrected chi connectivity index (χ1v) is 6.93. The Kier molecular flexibility index (Phi) is 3.32. The van der Waals surface area contributed by atoms with E-state index in [-0.39, 0.29) is 5.91 Å². The Morgan fingerprint density at radius 1 is 1.26 bits per heavy atom. The topological polar surface area (TPSA) is 38.8 Å². The second-order valence-corrected chi connectivity index (χ2v) is 5.36. The predicted octanol–water partition coefficient (Wildman–Crippen LogP) is 2.33. The minimum atomic E-state index is 0.100. The lowest BCUT2D eigenvalue weighted by atomic mass is 9.99. The first-order chi connectivity index (χ1) is 9.24. The van der Waals surface area contributed by atoms with Gasteiger partial charge in [-0.15, -0.1) is 0 Å². The van der Waals surface area contributed by atoms with E-state index in [9.17, 15) is 4.79 Å². The Hall–Kier alpha value is -1.71. The van der Waals surface area contributed by atoms with Gasteiger partial charge in [-0.1, -0.05) is 6.92 Å². The third-order valence-corrected chi connectivity index (χ3v) is 3.73. The van der Waals surface area contributed by atoms with Gasteiger partial charge in [-0.25, -0.2) is 0 Å². The van der Waals surface area contributed by atoms with Crippen molar-refractivity contribution in [1.29, 1.82) is 0 Å². The fraction of sp³-hybridized carbons (Fsp3) is 0.533. The van der Waals surface area contributed by atoms with Crippen LogP contribution in [0.25, 0.3) is 0 Å². The molecule has 0 unspecified atom stereocenters. The molecule has 102 valence electrons. The molecule has 0 saturated carbocycles. The largest absolute Gasteiger partial charge is 0.486 e. The van der Waals surface area contributed by atoms with Crippen molar-refractivity contribution in [2.24, 2.45) is 5.92 Å². The third-order valence-electron chi connectivity index (χ3n) is 3.73. The summed E-state index contributed by atoms with van der Waals surface area (Å²) in [5, 5.41) is 0. The highest BCUT2D eigenvalue weighted by atomic mass is 16.6. The van der Waals surface area contributed by atoms with Crippen molar-refractivity contribution in [3.8, 4) is 11.5 Å². The fourth-order valence-corrected chi connectivity index (χ4v) is 2.73. The standard InChI is InChI=1S/C15H19NO3/c1-11-3-2-6-16(10-11)15(17)12-4-5-13-14(9-12)19-8-7-18-13/h4-5,9,11H,2-3,6-8,10H2,1H3/t11-/m0/s1. The summed E-state index contributed by atoms with van der Waals surface area (Å²) >= 11 is 0. The first kappa shape index (κ1) is 12.3. The summed E-state index contributed by atoms with van der Waals surface area (Å²) in [6, 6.07) is 5.46. The van der Waals surface area contributed by atoms with E-state index in [4.69, 9.17) is 9.47 Å². The Morgan fingerprint density at radius 2 is 2.05 bits per heavy atom. The quantitative estimate of drug-likeness (QED) is 0.779. The zero-order valence-electron chi connectivity index (χ0n) is 11.2. The molecule has 1 aromatic carbocycles. The van der Waals surface area contributed by atoms with Crippen LogP contribution in [-0.2, 0) is 0 Å². The van der Waals surface area contributed by atoms with Crippen LogP contribution in [-0.4, -0.2) is 37.1 Å². The number of rotatable bonds is 1. The van der Waals surface area contributed by atoms with E-state index in [1.165, 1.54) is 6.42 Å². The number of carbonyl (C=O) groups is 1. The van der Waals surface area contributed by atoms with E-state index >= 15 is 0 Å². The molecule has 0 bridgehead atoms. The molecule has 2 aliphatic heterocycles. The zero-order valence-corrected chi connectivity index (χ0v) is 11.2. The van der Waals surface area contributed by atoms with E-state index < -0.39 is 0 Å². The van der Waals surface area contributed by atoms with E-state index in [1.807, 2.05) is 17.0 Å². The van der Waals surface area contributed by atoms with Crippen LogP contribution in [0, 0.1) is 5.92 Å². The van der Waals surface area contributed by atoms with Gasteiger partial charge in [0.2, 0.25) is 0 Å². The molecular formula is C15H19NO3. The lowest BCUT2D eigenvalue weighted by Crippen LogP contribution is -2.39. The number of fused-ring (bicyclic) bond motifs is 1. The second kappa shape index (κ2) is 5.11. The minimum Gasteiger partial charge on any atom is -0.486 e. The number of benzene rings is 1. The lowest BCUT2D eigenvalue weighted by molar-refractivity contribution is 0.0682. The van der Waals surface area contributed by atoms with Gasteiger partial charge in [0.05, 0.1) is 0 Å². The number of likely N-dealkylation sites (tertiary alicyclic amines) is 1. The number of ether oxygens (including phenoxy) is 2. The molecule has 1 fully saturated rings. The van der Waals surface area contributed by atoms with Crippen molar-refractivity contribution in [2.75, 3.05) is 26.3 Å². The fourth-order valence-electron chi connectivity index (χ4n) is 2.73. The van der Waals surface area contributed by atoms with Gasteiger partial charge in [0.15, 0.2) is 11.5 Å². The van der Waals surface area contributed by atoms with Crippen LogP contribution < -0.4 is 9.47 Å². The molecule has 3 rings (SSSR count). The number of carbonyl (C=O) groups excluding carboxylic acids is 1. The maximum Gasteiger partial charge on any atom is 0.254 e. The van der Waals surface area contributed by atoms with E-state index in [1.54, 1.807) is 6.07 Å². The number of nitrogens with zero attached hydrogens (tertiary/aromatic N) is 1. The van der Waals surface area contributed by atoms with Crippen LogP contribution in [0.2, 0.25) is 0 Å². The maximum atomic E-state index is 12.5. The summed E-state index contributed by atoms with van der Waals surface area (Å²) < 4.78 is 11.0. The molecule has 1 amide bonds. The monoisotopic (exact) mass is 261 g/mol. The van der Waals surface area contributed by atoms with Gasteiger partial charge in [-0.2, -0.15) is 0 Å². The summed E-state index contributed by atoms with van der Waals surface area (Å²) in [4.78, 5) is 14.4. The third kappa shape index (κ3) is 2.53. The Morgan fingerprint density at radius 3 is 2.84 bits per heavy atom. The van der Waals surface area contributed by atoms with Gasteiger partial charge in [-0.05, 0) is 37.0 Å². The maximum absolute atomic E-state index is 12.5. The smallest absolute Gasteiger partial charge is 0.254 e. The summed E-state index contributed by atoms with van der Waals surface area (Å²) in [6.45, 7) is 5.03. The summed E-state index contributed by atoms with van der Waals surface area (Å²) in [5.74, 6) is 2.11. The van der Waals surface area contributed by atoms with Crippen molar-refractivity contribution >= 4 is 5.91 Å². The average molecular weight is 261 g/mol. The molecule has 1 aromatic rings. The van der Waals surface area contributed by atoms with Crippen molar-refractivity contribution in [3.63, 3.8) is 0 Å². The number of hydrogen-bond donors (Lipinski definition) is 0. The highest BCUT2D eigenvalue weighted by Crippen LogP contribution is 2.31. The van der Waals surface area contributed by atoms with Gasteiger partial charge in [0, 0.05) is 18.7 Å². The van der Waals surface area contributed by atoms with Crippen molar-refractivity contribution in [2.45, 2.75) is 19.8 Å². The van der Waals surface area contributed by atoms with Crippen LogP contribution in [0.5, 0.6) is 11.5 Å². The molecule has 0 radical (unpaired) electrons. The number of piperidine rings is 1. The normalized spacial score (nSPS) is 22.2. The molecular weight excluding hydrogens is 242 g/mol. The zero-order chi connectivity index (χ0) is 13.2. The highest BCUT2D eigenvalue weighted by molar-refractivity contribution is 5.95. The number of amides is 1. The highest BCUT2D eigenvalue weighted by Gasteiger charge is 2.23. The average Bonchev–Trinajstić information content (AvgIpc) is 2.46. The molecule has 0 aliphatic carbocycles. The number of hydrogen-bond acceptors (Lipinski definition) is 3. The van der Waals surface area contributed by atoms with Crippen LogP contribution in [0.15, 0.2) is 18.2 Å². The molecule has 2 aliphatic rings. The summed E-state index contributed by atoms with van der Waals surface area (Å²) in [5.41, 5.74) is 0.693. The van der Waals surface area contributed by atoms with E-state index in [0.717, 1.165) is 25.3 Å². The molecule has 19 heavy (non-hydrogen) atoms. The molecule has 4 nitrogen and oxygen atoms in total. The molecule has 0 N–H and O–H groups in total. The van der Waals surface area contributed by atoms with Crippen LogP contribution in [0.4, 0.5) is 0 Å². The second-order valence-electron chi connectivity index (χ2n) is 5.36. The van der Waals surface area contributed by atoms with Crippen molar-refractivity contribution < 1.29 is 14.3 Å². The summed E-state index contributed by atoms with van der Waals surface area (Å²) in [7, 11) is 0. The molecule has 0 spiro atoms. The molecule has 2 heterocycles. The van der Waals surface area contributed by atoms with Crippen LogP contribution in [0.1, 0.15) is 30.1 Å². The minimum absolute atomic E-state index is 0.100. The first-order valence-electron chi connectivity index (χ1n) is 6.93. The van der Waals surface area contributed by atoms with Gasteiger partial charge in [-0.3, -0.25) is 4.79 Å². The van der Waals surface area contributed by atoms with E-state index in [2.05, 4.69) is 6.92 Å².